The van der Waals surface area contributed by atoms with Crippen molar-refractivity contribution in [2.24, 2.45) is 0 Å². The largest absolute Gasteiger partial charge is 0.492 e. The van der Waals surface area contributed by atoms with E-state index in [-0.39, 0.29) is 5.91 Å². The van der Waals surface area contributed by atoms with E-state index < -0.39 is 0 Å². The number of aryl methyl sites for hydroxylation is 1. The van der Waals surface area contributed by atoms with Crippen molar-refractivity contribution in [2.75, 3.05) is 37.7 Å². The van der Waals surface area contributed by atoms with Gasteiger partial charge in [-0.1, -0.05) is 41.6 Å². The third kappa shape index (κ3) is 6.02. The second-order valence-corrected chi connectivity index (χ2v) is 11.7. The molecular weight excluding hydrogens is 567 g/mol. The summed E-state index contributed by atoms with van der Waals surface area (Å²) in [5.74, 6) is 2.19. The Morgan fingerprint density at radius 1 is 0.976 bits per heavy atom. The van der Waals surface area contributed by atoms with Crippen molar-refractivity contribution in [3.05, 3.63) is 94.7 Å². The number of thiazole rings is 1. The summed E-state index contributed by atoms with van der Waals surface area (Å²) in [7, 11) is 0. The zero-order valence-electron chi connectivity index (χ0n) is 23.5. The Bertz CT molecular complexity index is 1650. The number of carbonyl (C=O) groups excluding carboxylic acids is 1. The van der Waals surface area contributed by atoms with Crippen LogP contribution in [0.5, 0.6) is 5.75 Å². The molecule has 0 spiro atoms. The van der Waals surface area contributed by atoms with Crippen LogP contribution in [-0.2, 0) is 5.75 Å². The summed E-state index contributed by atoms with van der Waals surface area (Å²) in [6, 6.07) is 20.2. The average Bonchev–Trinajstić information content (AvgIpc) is 3.69. The maximum Gasteiger partial charge on any atom is 0.273 e. The summed E-state index contributed by atoms with van der Waals surface area (Å²) in [6.07, 6.45) is 3.51. The van der Waals surface area contributed by atoms with Gasteiger partial charge in [-0.2, -0.15) is 0 Å². The second kappa shape index (κ2) is 12.7. The van der Waals surface area contributed by atoms with Crippen LogP contribution in [0, 0.1) is 6.92 Å². The van der Waals surface area contributed by atoms with Gasteiger partial charge in [0.25, 0.3) is 5.91 Å². The van der Waals surface area contributed by atoms with Crippen LogP contribution in [0.2, 0.25) is 0 Å². The first-order chi connectivity index (χ1) is 20.6. The Labute approximate surface area is 253 Å². The molecule has 42 heavy (non-hydrogen) atoms. The molecule has 0 saturated carbocycles. The first-order valence-corrected chi connectivity index (χ1v) is 15.7. The average molecular weight is 598 g/mol. The van der Waals surface area contributed by atoms with E-state index in [9.17, 15) is 4.79 Å². The van der Waals surface area contributed by atoms with Gasteiger partial charge in [0.15, 0.2) is 11.0 Å². The molecule has 3 aromatic heterocycles. The molecular formula is C31H31N7O2S2. The summed E-state index contributed by atoms with van der Waals surface area (Å²) in [6.45, 7) is 7.45. The van der Waals surface area contributed by atoms with Gasteiger partial charge in [0, 0.05) is 55.2 Å². The molecule has 0 bridgehead atoms. The number of piperazine rings is 1. The lowest BCUT2D eigenvalue weighted by molar-refractivity contribution is 0.0741. The predicted octanol–water partition coefficient (Wildman–Crippen LogP) is 5.75. The molecule has 4 heterocycles. The zero-order chi connectivity index (χ0) is 28.9. The monoisotopic (exact) mass is 597 g/mol. The van der Waals surface area contributed by atoms with Crippen molar-refractivity contribution >= 4 is 34.7 Å². The van der Waals surface area contributed by atoms with Gasteiger partial charge in [-0.25, -0.2) is 4.98 Å². The molecule has 1 fully saturated rings. The molecule has 0 unspecified atom stereocenters. The van der Waals surface area contributed by atoms with Gasteiger partial charge in [-0.15, -0.1) is 21.5 Å². The number of rotatable bonds is 9. The quantitative estimate of drug-likeness (QED) is 0.199. The summed E-state index contributed by atoms with van der Waals surface area (Å²) >= 11 is 3.06. The third-order valence-corrected chi connectivity index (χ3v) is 9.00. The lowest BCUT2D eigenvalue weighted by atomic mass is 10.2. The SMILES string of the molecule is CCOc1ccccc1N1CCN(C(=O)c2csc(CSc3nnc(-c4ccncc4)n3-c3ccc(C)cc3)n2)CC1. The fourth-order valence-electron chi connectivity index (χ4n) is 4.89. The first kappa shape index (κ1) is 27.9. The fraction of sp³-hybridized carbons (Fsp3) is 0.258. The van der Waals surface area contributed by atoms with Crippen LogP contribution in [0.1, 0.15) is 28.0 Å². The van der Waals surface area contributed by atoms with Crippen LogP contribution in [-0.4, -0.2) is 68.3 Å². The standard InChI is InChI=1S/C31H31N7O2S2/c1-3-40-27-7-5-4-6-26(27)36-16-18-37(19-17-36)30(39)25-20-41-28(33-25)21-42-31-35-34-29(23-12-14-32-15-13-23)38(31)24-10-8-22(2)9-11-24/h4-15,20H,3,16-19,21H2,1-2H3. The summed E-state index contributed by atoms with van der Waals surface area (Å²) in [4.78, 5) is 26.3. The Hall–Kier alpha value is -4.22. The minimum atomic E-state index is -0.0250. The van der Waals surface area contributed by atoms with E-state index in [0.717, 1.165) is 51.8 Å². The molecule has 11 heteroatoms. The molecule has 0 aliphatic carbocycles. The molecule has 6 rings (SSSR count). The third-order valence-electron chi connectivity index (χ3n) is 7.03. The van der Waals surface area contributed by atoms with Crippen molar-refractivity contribution in [3.63, 3.8) is 0 Å². The van der Waals surface area contributed by atoms with Gasteiger partial charge in [0.05, 0.1) is 18.0 Å². The highest BCUT2D eigenvalue weighted by Crippen LogP contribution is 2.31. The summed E-state index contributed by atoms with van der Waals surface area (Å²) < 4.78 is 7.87. The number of para-hydroxylation sites is 2. The smallest absolute Gasteiger partial charge is 0.273 e. The number of anilines is 1. The molecule has 1 aliphatic rings. The van der Waals surface area contributed by atoms with Crippen molar-refractivity contribution < 1.29 is 9.53 Å². The number of ether oxygens (including phenoxy) is 1. The maximum absolute atomic E-state index is 13.3. The topological polar surface area (TPSA) is 89.3 Å². The molecule has 0 atom stereocenters. The Kier molecular flexibility index (Phi) is 8.47. The summed E-state index contributed by atoms with van der Waals surface area (Å²) in [5.41, 5.74) is 4.68. The molecule has 1 aliphatic heterocycles. The number of thioether (sulfide) groups is 1. The second-order valence-electron chi connectivity index (χ2n) is 9.81. The highest BCUT2D eigenvalue weighted by atomic mass is 32.2. The molecule has 1 saturated heterocycles. The Morgan fingerprint density at radius 2 is 1.74 bits per heavy atom. The lowest BCUT2D eigenvalue weighted by Gasteiger charge is -2.36. The van der Waals surface area contributed by atoms with Crippen molar-refractivity contribution in [3.8, 4) is 22.8 Å². The van der Waals surface area contributed by atoms with Gasteiger partial charge >= 0.3 is 0 Å². The number of hydrogen-bond donors (Lipinski definition) is 0. The van der Waals surface area contributed by atoms with E-state index in [1.807, 2.05) is 47.5 Å². The van der Waals surface area contributed by atoms with Crippen LogP contribution in [0.25, 0.3) is 17.1 Å². The number of hydrogen-bond acceptors (Lipinski definition) is 9. The molecule has 9 nitrogen and oxygen atoms in total. The molecule has 0 N–H and O–H groups in total. The number of nitrogens with zero attached hydrogens (tertiary/aromatic N) is 7. The van der Waals surface area contributed by atoms with E-state index in [2.05, 4.69) is 61.9 Å². The fourth-order valence-corrected chi connectivity index (χ4v) is 6.63. The molecule has 1 amide bonds. The van der Waals surface area contributed by atoms with Crippen LogP contribution in [0.4, 0.5) is 5.69 Å². The van der Waals surface area contributed by atoms with Crippen LogP contribution in [0.15, 0.2) is 83.6 Å². The number of benzene rings is 2. The lowest BCUT2D eigenvalue weighted by Crippen LogP contribution is -2.49. The number of aromatic nitrogens is 5. The molecule has 214 valence electrons. The van der Waals surface area contributed by atoms with Gasteiger partial charge in [0.1, 0.15) is 16.5 Å². The van der Waals surface area contributed by atoms with E-state index in [4.69, 9.17) is 9.72 Å². The van der Waals surface area contributed by atoms with Crippen LogP contribution >= 0.6 is 23.1 Å². The van der Waals surface area contributed by atoms with E-state index >= 15 is 0 Å². The van der Waals surface area contributed by atoms with Crippen molar-refractivity contribution in [2.45, 2.75) is 24.8 Å². The molecule has 0 radical (unpaired) electrons. The van der Waals surface area contributed by atoms with Gasteiger partial charge in [-0.3, -0.25) is 14.3 Å². The van der Waals surface area contributed by atoms with E-state index in [1.54, 1.807) is 24.2 Å². The van der Waals surface area contributed by atoms with Crippen molar-refractivity contribution in [1.29, 1.82) is 0 Å². The highest BCUT2D eigenvalue weighted by Gasteiger charge is 2.25. The first-order valence-electron chi connectivity index (χ1n) is 13.9. The van der Waals surface area contributed by atoms with E-state index in [1.165, 1.54) is 16.9 Å². The Balaban J connectivity index is 1.12. The minimum absolute atomic E-state index is 0.0250. The van der Waals surface area contributed by atoms with Gasteiger partial charge in [0.2, 0.25) is 0 Å². The number of amides is 1. The van der Waals surface area contributed by atoms with Crippen LogP contribution in [0.3, 0.4) is 0 Å². The number of carbonyl (C=O) groups is 1. The Morgan fingerprint density at radius 3 is 2.50 bits per heavy atom. The van der Waals surface area contributed by atoms with Crippen LogP contribution < -0.4 is 9.64 Å². The molecule has 5 aromatic rings. The normalized spacial score (nSPS) is 13.4. The minimum Gasteiger partial charge on any atom is -0.492 e. The van der Waals surface area contributed by atoms with Gasteiger partial charge in [-0.05, 0) is 50.2 Å². The zero-order valence-corrected chi connectivity index (χ0v) is 25.1. The highest BCUT2D eigenvalue weighted by molar-refractivity contribution is 7.98. The molecule has 2 aromatic carbocycles. The van der Waals surface area contributed by atoms with E-state index in [0.29, 0.717) is 31.1 Å². The van der Waals surface area contributed by atoms with Gasteiger partial charge < -0.3 is 14.5 Å². The maximum atomic E-state index is 13.3. The van der Waals surface area contributed by atoms with Crippen molar-refractivity contribution in [1.82, 2.24) is 29.6 Å². The summed E-state index contributed by atoms with van der Waals surface area (Å²) in [5, 5.41) is 12.5. The predicted molar refractivity (Wildman–Crippen MR) is 167 cm³/mol. The number of pyridine rings is 1.